The minimum Gasteiger partial charge on any atom is -0.394 e. The Morgan fingerprint density at radius 3 is 2.80 bits per heavy atom. The maximum Gasteiger partial charge on any atom is 0.182 e. The Kier molecular flexibility index (Phi) is 5.08. The SMILES string of the molecule is CCn1nnnc1-c1cccc(NCc2c(C)nn(CCO)c2C)c1. The lowest BCUT2D eigenvalue weighted by molar-refractivity contribution is 0.268. The lowest BCUT2D eigenvalue weighted by atomic mass is 10.1. The topological polar surface area (TPSA) is 93.7 Å². The van der Waals surface area contributed by atoms with E-state index in [0.29, 0.717) is 13.1 Å². The molecular weight excluding hydrogens is 318 g/mol. The molecule has 0 radical (unpaired) electrons. The van der Waals surface area contributed by atoms with Crippen LogP contribution < -0.4 is 5.32 Å². The Morgan fingerprint density at radius 2 is 2.04 bits per heavy atom. The summed E-state index contributed by atoms with van der Waals surface area (Å²) in [6.07, 6.45) is 0. The zero-order valence-electron chi connectivity index (χ0n) is 14.8. The molecule has 3 rings (SSSR count). The van der Waals surface area contributed by atoms with E-state index in [1.807, 2.05) is 49.7 Å². The minimum atomic E-state index is 0.0863. The fraction of sp³-hybridized carbons (Fsp3) is 0.412. The number of aryl methyl sites for hydroxylation is 2. The van der Waals surface area contributed by atoms with E-state index in [0.717, 1.165) is 40.6 Å². The van der Waals surface area contributed by atoms with Crippen LogP contribution in [0.1, 0.15) is 23.9 Å². The highest BCUT2D eigenvalue weighted by molar-refractivity contribution is 5.62. The third-order valence-corrected chi connectivity index (χ3v) is 4.26. The number of benzene rings is 1. The third kappa shape index (κ3) is 3.53. The largest absolute Gasteiger partial charge is 0.394 e. The van der Waals surface area contributed by atoms with E-state index in [2.05, 4.69) is 25.9 Å². The predicted octanol–water partition coefficient (Wildman–Crippen LogP) is 1.78. The lowest BCUT2D eigenvalue weighted by Gasteiger charge is -2.09. The number of aliphatic hydroxyl groups is 1. The van der Waals surface area contributed by atoms with Crippen LogP contribution in [0.15, 0.2) is 24.3 Å². The number of rotatable bonds is 7. The van der Waals surface area contributed by atoms with Crippen LogP contribution in [-0.4, -0.2) is 41.7 Å². The van der Waals surface area contributed by atoms with E-state index in [9.17, 15) is 0 Å². The summed E-state index contributed by atoms with van der Waals surface area (Å²) in [5.41, 5.74) is 5.17. The number of tetrazole rings is 1. The Balaban J connectivity index is 1.78. The number of hydrogen-bond acceptors (Lipinski definition) is 6. The Bertz CT molecular complexity index is 853. The molecule has 0 unspecified atom stereocenters. The monoisotopic (exact) mass is 341 g/mol. The number of anilines is 1. The molecule has 0 saturated carbocycles. The van der Waals surface area contributed by atoms with Gasteiger partial charge in [0.05, 0.1) is 18.8 Å². The molecule has 0 spiro atoms. The first-order valence-electron chi connectivity index (χ1n) is 8.38. The number of nitrogens with one attached hydrogen (secondary N) is 1. The van der Waals surface area contributed by atoms with E-state index in [-0.39, 0.29) is 6.61 Å². The summed E-state index contributed by atoms with van der Waals surface area (Å²) in [6.45, 7) is 8.03. The number of hydrogen-bond donors (Lipinski definition) is 2. The average Bonchev–Trinajstić information content (AvgIpc) is 3.19. The highest BCUT2D eigenvalue weighted by Gasteiger charge is 2.12. The van der Waals surface area contributed by atoms with E-state index < -0.39 is 0 Å². The molecule has 0 atom stereocenters. The van der Waals surface area contributed by atoms with Crippen molar-refractivity contribution in [3.8, 4) is 11.4 Å². The summed E-state index contributed by atoms with van der Waals surface area (Å²) in [5, 5.41) is 28.9. The molecule has 0 amide bonds. The molecule has 0 aliphatic rings. The average molecular weight is 341 g/mol. The van der Waals surface area contributed by atoms with Gasteiger partial charge >= 0.3 is 0 Å². The molecule has 2 N–H and O–H groups in total. The van der Waals surface area contributed by atoms with Crippen LogP contribution in [0.5, 0.6) is 0 Å². The van der Waals surface area contributed by atoms with Gasteiger partial charge in [-0.2, -0.15) is 5.10 Å². The molecule has 132 valence electrons. The highest BCUT2D eigenvalue weighted by atomic mass is 16.3. The molecule has 1 aromatic carbocycles. The standard InChI is InChI=1S/C17H23N7O/c1-4-23-17(19-21-22-23)14-6-5-7-15(10-14)18-11-16-12(2)20-24(8-9-25)13(16)3/h5-7,10,18,25H,4,8-9,11H2,1-3H3. The first-order chi connectivity index (χ1) is 12.1. The molecule has 25 heavy (non-hydrogen) atoms. The molecule has 2 aromatic heterocycles. The fourth-order valence-electron chi connectivity index (χ4n) is 2.89. The van der Waals surface area contributed by atoms with Gasteiger partial charge in [-0.25, -0.2) is 4.68 Å². The smallest absolute Gasteiger partial charge is 0.182 e. The minimum absolute atomic E-state index is 0.0863. The second kappa shape index (κ2) is 7.43. The Hall–Kier alpha value is -2.74. The zero-order chi connectivity index (χ0) is 17.8. The molecule has 2 heterocycles. The van der Waals surface area contributed by atoms with E-state index in [1.165, 1.54) is 0 Å². The quantitative estimate of drug-likeness (QED) is 0.680. The normalized spacial score (nSPS) is 11.0. The number of nitrogens with zero attached hydrogens (tertiary/aromatic N) is 6. The summed E-state index contributed by atoms with van der Waals surface area (Å²) in [6, 6.07) is 8.05. The molecule has 0 bridgehead atoms. The Morgan fingerprint density at radius 1 is 1.20 bits per heavy atom. The van der Waals surface area contributed by atoms with Crippen LogP contribution in [0, 0.1) is 13.8 Å². The molecule has 3 aromatic rings. The summed E-state index contributed by atoms with van der Waals surface area (Å²) < 4.78 is 3.62. The molecule has 0 saturated heterocycles. The summed E-state index contributed by atoms with van der Waals surface area (Å²) in [4.78, 5) is 0. The van der Waals surface area contributed by atoms with Gasteiger partial charge in [0.15, 0.2) is 5.82 Å². The zero-order valence-corrected chi connectivity index (χ0v) is 14.8. The van der Waals surface area contributed by atoms with Gasteiger partial charge in [0, 0.05) is 35.6 Å². The maximum atomic E-state index is 9.12. The molecule has 8 nitrogen and oxygen atoms in total. The van der Waals surface area contributed by atoms with Crippen molar-refractivity contribution in [2.45, 2.75) is 40.4 Å². The van der Waals surface area contributed by atoms with Gasteiger partial charge in [0.1, 0.15) is 0 Å². The van der Waals surface area contributed by atoms with Gasteiger partial charge in [-0.3, -0.25) is 4.68 Å². The van der Waals surface area contributed by atoms with Crippen LogP contribution in [-0.2, 0) is 19.6 Å². The third-order valence-electron chi connectivity index (χ3n) is 4.26. The van der Waals surface area contributed by atoms with Crippen molar-refractivity contribution >= 4 is 5.69 Å². The second-order valence-electron chi connectivity index (χ2n) is 5.85. The van der Waals surface area contributed by atoms with Gasteiger partial charge in [0.25, 0.3) is 0 Å². The summed E-state index contributed by atoms with van der Waals surface area (Å²) in [7, 11) is 0. The molecule has 0 aliphatic heterocycles. The molecule has 0 aliphatic carbocycles. The van der Waals surface area contributed by atoms with Crippen molar-refractivity contribution in [3.05, 3.63) is 41.2 Å². The van der Waals surface area contributed by atoms with Crippen molar-refractivity contribution in [1.29, 1.82) is 0 Å². The van der Waals surface area contributed by atoms with Crippen molar-refractivity contribution in [2.75, 3.05) is 11.9 Å². The van der Waals surface area contributed by atoms with Crippen LogP contribution in [0.2, 0.25) is 0 Å². The molecular formula is C17H23N7O. The van der Waals surface area contributed by atoms with Gasteiger partial charge in [0.2, 0.25) is 0 Å². The fourth-order valence-corrected chi connectivity index (χ4v) is 2.89. The second-order valence-corrected chi connectivity index (χ2v) is 5.85. The first-order valence-corrected chi connectivity index (χ1v) is 8.38. The van der Waals surface area contributed by atoms with Crippen molar-refractivity contribution in [3.63, 3.8) is 0 Å². The van der Waals surface area contributed by atoms with E-state index >= 15 is 0 Å². The van der Waals surface area contributed by atoms with Crippen LogP contribution in [0.25, 0.3) is 11.4 Å². The van der Waals surface area contributed by atoms with Crippen LogP contribution in [0.4, 0.5) is 5.69 Å². The lowest BCUT2D eigenvalue weighted by Crippen LogP contribution is -2.07. The van der Waals surface area contributed by atoms with E-state index in [1.54, 1.807) is 4.68 Å². The van der Waals surface area contributed by atoms with E-state index in [4.69, 9.17) is 5.11 Å². The summed E-state index contributed by atoms with van der Waals surface area (Å²) >= 11 is 0. The van der Waals surface area contributed by atoms with Crippen molar-refractivity contribution in [2.24, 2.45) is 0 Å². The van der Waals surface area contributed by atoms with Gasteiger partial charge in [-0.05, 0) is 43.3 Å². The van der Waals surface area contributed by atoms with Crippen molar-refractivity contribution in [1.82, 2.24) is 30.0 Å². The van der Waals surface area contributed by atoms with Crippen molar-refractivity contribution < 1.29 is 5.11 Å². The van der Waals surface area contributed by atoms with Crippen LogP contribution in [0.3, 0.4) is 0 Å². The first kappa shape index (κ1) is 17.1. The van der Waals surface area contributed by atoms with Crippen LogP contribution >= 0.6 is 0 Å². The maximum absolute atomic E-state index is 9.12. The Labute approximate surface area is 146 Å². The van der Waals surface area contributed by atoms with Gasteiger partial charge < -0.3 is 10.4 Å². The predicted molar refractivity (Wildman–Crippen MR) is 95.0 cm³/mol. The molecule has 0 fully saturated rings. The highest BCUT2D eigenvalue weighted by Crippen LogP contribution is 2.21. The summed E-state index contributed by atoms with van der Waals surface area (Å²) in [5.74, 6) is 0.759. The van der Waals surface area contributed by atoms with Gasteiger partial charge in [-0.15, -0.1) is 5.10 Å². The van der Waals surface area contributed by atoms with Gasteiger partial charge in [-0.1, -0.05) is 12.1 Å². The molecule has 8 heteroatoms. The number of aromatic nitrogens is 6. The number of aliphatic hydroxyl groups excluding tert-OH is 1.